The number of furan rings is 1. The van der Waals surface area contributed by atoms with Gasteiger partial charge in [0.15, 0.2) is 16.8 Å². The number of halogens is 1. The Hall–Kier alpha value is -1.33. The zero-order valence-corrected chi connectivity index (χ0v) is 8.73. The van der Waals surface area contributed by atoms with Crippen molar-refractivity contribution >= 4 is 11.6 Å². The Bertz CT molecular complexity index is 450. The van der Waals surface area contributed by atoms with Crippen molar-refractivity contribution < 1.29 is 14.0 Å². The molecule has 0 amide bonds. The van der Waals surface area contributed by atoms with Gasteiger partial charge in [0.05, 0.1) is 6.10 Å². The molecule has 6 heteroatoms. The Morgan fingerprint density at radius 3 is 2.93 bits per heavy atom. The van der Waals surface area contributed by atoms with Crippen molar-refractivity contribution in [1.82, 2.24) is 10.1 Å². The molecule has 0 fully saturated rings. The number of rotatable bonds is 3. The first kappa shape index (κ1) is 10.2. The third kappa shape index (κ3) is 2.37. The van der Waals surface area contributed by atoms with Crippen molar-refractivity contribution in [2.45, 2.75) is 19.4 Å². The topological polar surface area (TPSA) is 72.3 Å². The lowest BCUT2D eigenvalue weighted by Crippen LogP contribution is -2.05. The van der Waals surface area contributed by atoms with Crippen molar-refractivity contribution in [3.8, 4) is 11.7 Å². The van der Waals surface area contributed by atoms with Crippen LogP contribution in [-0.2, 0) is 6.42 Å². The Kier molecular flexibility index (Phi) is 2.75. The molecule has 0 radical (unpaired) electrons. The summed E-state index contributed by atoms with van der Waals surface area (Å²) in [5, 5.41) is 13.1. The molecule has 2 aromatic heterocycles. The summed E-state index contributed by atoms with van der Waals surface area (Å²) in [6.45, 7) is 1.65. The Morgan fingerprint density at radius 2 is 2.33 bits per heavy atom. The van der Waals surface area contributed by atoms with Gasteiger partial charge in [0.1, 0.15) is 0 Å². The number of aliphatic hydroxyl groups is 1. The van der Waals surface area contributed by atoms with Gasteiger partial charge in [0, 0.05) is 6.42 Å². The number of hydrogen-bond acceptors (Lipinski definition) is 5. The Balaban J connectivity index is 2.20. The predicted octanol–water partition coefficient (Wildman–Crippen LogP) is 1.91. The zero-order chi connectivity index (χ0) is 10.8. The molecule has 0 aromatic carbocycles. The van der Waals surface area contributed by atoms with E-state index in [0.717, 1.165) is 0 Å². The van der Waals surface area contributed by atoms with E-state index in [-0.39, 0.29) is 11.1 Å². The van der Waals surface area contributed by atoms with Gasteiger partial charge < -0.3 is 14.0 Å². The van der Waals surface area contributed by atoms with E-state index >= 15 is 0 Å². The van der Waals surface area contributed by atoms with Gasteiger partial charge in [0.25, 0.3) is 5.89 Å². The van der Waals surface area contributed by atoms with Gasteiger partial charge in [-0.05, 0) is 30.7 Å². The van der Waals surface area contributed by atoms with Crippen LogP contribution in [0, 0.1) is 0 Å². The number of nitrogens with zero attached hydrogens (tertiary/aromatic N) is 2. The van der Waals surface area contributed by atoms with E-state index in [0.29, 0.717) is 18.0 Å². The molecular formula is C9H9ClN2O3. The van der Waals surface area contributed by atoms with Crippen LogP contribution in [0.1, 0.15) is 12.7 Å². The van der Waals surface area contributed by atoms with Crippen LogP contribution >= 0.6 is 11.6 Å². The first-order valence-electron chi connectivity index (χ1n) is 4.41. The summed E-state index contributed by atoms with van der Waals surface area (Å²) in [6, 6.07) is 3.23. The third-order valence-electron chi connectivity index (χ3n) is 1.73. The van der Waals surface area contributed by atoms with Crippen LogP contribution < -0.4 is 0 Å². The fourth-order valence-corrected chi connectivity index (χ4v) is 1.28. The van der Waals surface area contributed by atoms with E-state index in [1.54, 1.807) is 19.1 Å². The number of aromatic nitrogens is 2. The summed E-state index contributed by atoms with van der Waals surface area (Å²) in [7, 11) is 0. The summed E-state index contributed by atoms with van der Waals surface area (Å²) in [4.78, 5) is 4.04. The molecule has 1 atom stereocenters. The lowest BCUT2D eigenvalue weighted by atomic mass is 10.3. The molecule has 0 aliphatic carbocycles. The average Bonchev–Trinajstić information content (AvgIpc) is 2.72. The van der Waals surface area contributed by atoms with E-state index in [1.807, 2.05) is 0 Å². The maximum atomic E-state index is 9.12. The van der Waals surface area contributed by atoms with Crippen LogP contribution in [-0.4, -0.2) is 21.4 Å². The predicted molar refractivity (Wildman–Crippen MR) is 52.4 cm³/mol. The quantitative estimate of drug-likeness (QED) is 0.869. The average molecular weight is 229 g/mol. The summed E-state index contributed by atoms with van der Waals surface area (Å²) in [5.74, 6) is 1.12. The molecule has 15 heavy (non-hydrogen) atoms. The lowest BCUT2D eigenvalue weighted by molar-refractivity contribution is 0.191. The smallest absolute Gasteiger partial charge is 0.293 e. The monoisotopic (exact) mass is 228 g/mol. The highest BCUT2D eigenvalue weighted by atomic mass is 35.5. The number of hydrogen-bond donors (Lipinski definition) is 1. The molecule has 0 aliphatic heterocycles. The van der Waals surface area contributed by atoms with E-state index in [4.69, 9.17) is 25.6 Å². The molecule has 0 spiro atoms. The highest BCUT2D eigenvalue weighted by Gasteiger charge is 2.13. The maximum Gasteiger partial charge on any atom is 0.293 e. The number of aliphatic hydroxyl groups excluding tert-OH is 1. The molecule has 1 unspecified atom stereocenters. The van der Waals surface area contributed by atoms with Crippen LogP contribution in [0.2, 0.25) is 5.22 Å². The minimum atomic E-state index is -0.504. The third-order valence-corrected chi connectivity index (χ3v) is 1.93. The van der Waals surface area contributed by atoms with Gasteiger partial charge in [-0.15, -0.1) is 0 Å². The van der Waals surface area contributed by atoms with Crippen molar-refractivity contribution in [2.75, 3.05) is 0 Å². The van der Waals surface area contributed by atoms with Gasteiger partial charge in [0.2, 0.25) is 0 Å². The van der Waals surface area contributed by atoms with Gasteiger partial charge in [-0.2, -0.15) is 4.98 Å². The van der Waals surface area contributed by atoms with Crippen molar-refractivity contribution in [2.24, 2.45) is 0 Å². The van der Waals surface area contributed by atoms with Crippen LogP contribution in [0.25, 0.3) is 11.7 Å². The second-order valence-corrected chi connectivity index (χ2v) is 3.55. The van der Waals surface area contributed by atoms with Crippen LogP contribution in [0.5, 0.6) is 0 Å². The van der Waals surface area contributed by atoms with E-state index < -0.39 is 6.10 Å². The summed E-state index contributed by atoms with van der Waals surface area (Å²) >= 11 is 5.60. The zero-order valence-electron chi connectivity index (χ0n) is 7.98. The first-order chi connectivity index (χ1) is 7.15. The minimum Gasteiger partial charge on any atom is -0.440 e. The van der Waals surface area contributed by atoms with Crippen LogP contribution in [0.4, 0.5) is 0 Å². The fourth-order valence-electron chi connectivity index (χ4n) is 1.13. The van der Waals surface area contributed by atoms with Gasteiger partial charge in [-0.25, -0.2) is 0 Å². The second-order valence-electron chi connectivity index (χ2n) is 3.17. The van der Waals surface area contributed by atoms with Crippen molar-refractivity contribution in [1.29, 1.82) is 0 Å². The molecule has 2 rings (SSSR count). The van der Waals surface area contributed by atoms with Gasteiger partial charge >= 0.3 is 0 Å². The Labute approximate surface area is 90.7 Å². The van der Waals surface area contributed by atoms with E-state index in [9.17, 15) is 0 Å². The molecule has 0 bridgehead atoms. The van der Waals surface area contributed by atoms with Crippen LogP contribution in [0.3, 0.4) is 0 Å². The van der Waals surface area contributed by atoms with Crippen LogP contribution in [0.15, 0.2) is 21.1 Å². The lowest BCUT2D eigenvalue weighted by Gasteiger charge is -1.95. The maximum absolute atomic E-state index is 9.12. The molecule has 0 saturated carbocycles. The summed E-state index contributed by atoms with van der Waals surface area (Å²) < 4.78 is 10.0. The largest absolute Gasteiger partial charge is 0.440 e. The van der Waals surface area contributed by atoms with E-state index in [1.165, 1.54) is 0 Å². The molecule has 1 N–H and O–H groups in total. The van der Waals surface area contributed by atoms with E-state index in [2.05, 4.69) is 10.1 Å². The standard InChI is InChI=1S/C9H9ClN2O3/c1-5(13)4-8-11-9(15-12-8)6-2-3-7(10)14-6/h2-3,5,13H,4H2,1H3. The molecule has 2 aromatic rings. The van der Waals surface area contributed by atoms with Gasteiger partial charge in [-0.1, -0.05) is 5.16 Å². The van der Waals surface area contributed by atoms with Crippen molar-refractivity contribution in [3.05, 3.63) is 23.2 Å². The summed E-state index contributed by atoms with van der Waals surface area (Å²) in [6.07, 6.45) is -0.159. The highest BCUT2D eigenvalue weighted by molar-refractivity contribution is 6.28. The molecule has 80 valence electrons. The second kappa shape index (κ2) is 4.04. The normalized spacial score (nSPS) is 13.0. The SMILES string of the molecule is CC(O)Cc1noc(-c2ccc(Cl)o2)n1. The molecular weight excluding hydrogens is 220 g/mol. The van der Waals surface area contributed by atoms with Gasteiger partial charge in [-0.3, -0.25) is 0 Å². The first-order valence-corrected chi connectivity index (χ1v) is 4.79. The molecule has 5 nitrogen and oxygen atoms in total. The Morgan fingerprint density at radius 1 is 1.53 bits per heavy atom. The summed E-state index contributed by atoms with van der Waals surface area (Å²) in [5.41, 5.74) is 0. The molecule has 0 aliphatic rings. The van der Waals surface area contributed by atoms with Crippen molar-refractivity contribution in [3.63, 3.8) is 0 Å². The fraction of sp³-hybridized carbons (Fsp3) is 0.333. The molecule has 2 heterocycles. The highest BCUT2D eigenvalue weighted by Crippen LogP contribution is 2.23. The molecule has 0 saturated heterocycles. The minimum absolute atomic E-state index is 0.262.